The number of ether oxygens (including phenoxy) is 1. The van der Waals surface area contributed by atoms with E-state index in [1.54, 1.807) is 7.11 Å². The van der Waals surface area contributed by atoms with Gasteiger partial charge in [-0.25, -0.2) is 0 Å². The highest BCUT2D eigenvalue weighted by atomic mass is 16.5. The van der Waals surface area contributed by atoms with E-state index in [9.17, 15) is 4.79 Å². The van der Waals surface area contributed by atoms with Crippen LogP contribution in [0.2, 0.25) is 0 Å². The van der Waals surface area contributed by atoms with Gasteiger partial charge in [0.2, 0.25) is 5.91 Å². The zero-order chi connectivity index (χ0) is 18.6. The number of nitrogens with one attached hydrogen (secondary N) is 2. The number of carbonyl (C=O) groups is 1. The summed E-state index contributed by atoms with van der Waals surface area (Å²) in [6, 6.07) is 21.9. The van der Waals surface area contributed by atoms with E-state index in [-0.39, 0.29) is 24.5 Å². The van der Waals surface area contributed by atoms with E-state index in [0.717, 1.165) is 19.5 Å². The van der Waals surface area contributed by atoms with Crippen molar-refractivity contribution >= 4 is 5.91 Å². The summed E-state index contributed by atoms with van der Waals surface area (Å²) >= 11 is 0. The van der Waals surface area contributed by atoms with Crippen LogP contribution in [0.4, 0.5) is 0 Å². The largest absolute Gasteiger partial charge is 0.375 e. The van der Waals surface area contributed by atoms with Crippen LogP contribution in [0.3, 0.4) is 0 Å². The number of methoxy groups -OCH3 is 1. The molecule has 3 unspecified atom stereocenters. The molecule has 2 aromatic rings. The van der Waals surface area contributed by atoms with Gasteiger partial charge in [0.15, 0.2) is 0 Å². The fraction of sp³-hybridized carbons (Fsp3) is 0.409. The Labute approximate surface area is 160 Å². The van der Waals surface area contributed by atoms with Crippen LogP contribution in [0.5, 0.6) is 0 Å². The maximum atomic E-state index is 12.4. The van der Waals surface area contributed by atoms with E-state index in [2.05, 4.69) is 71.5 Å². The van der Waals surface area contributed by atoms with Crippen LogP contribution in [0.15, 0.2) is 60.7 Å². The van der Waals surface area contributed by atoms with Crippen LogP contribution >= 0.6 is 0 Å². The molecule has 5 heteroatoms. The Morgan fingerprint density at radius 1 is 1.07 bits per heavy atom. The minimum atomic E-state index is 0.0811. The summed E-state index contributed by atoms with van der Waals surface area (Å²) in [5.41, 5.74) is 9.66. The number of hydrogen-bond donors (Lipinski definition) is 2. The number of carbonyl (C=O) groups excluding carboxylic acids is 1. The van der Waals surface area contributed by atoms with Crippen molar-refractivity contribution in [3.63, 3.8) is 0 Å². The first-order valence-electron chi connectivity index (χ1n) is 9.65. The third kappa shape index (κ3) is 3.76. The van der Waals surface area contributed by atoms with Gasteiger partial charge in [-0.05, 0) is 17.5 Å². The molecule has 5 nitrogen and oxygen atoms in total. The third-order valence-electron chi connectivity index (χ3n) is 5.85. The van der Waals surface area contributed by atoms with Gasteiger partial charge in [-0.15, -0.1) is 0 Å². The van der Waals surface area contributed by atoms with Crippen LogP contribution in [0.25, 0.3) is 0 Å². The van der Waals surface area contributed by atoms with Crippen molar-refractivity contribution in [3.8, 4) is 0 Å². The van der Waals surface area contributed by atoms with E-state index >= 15 is 0 Å². The molecule has 2 aliphatic rings. The van der Waals surface area contributed by atoms with Gasteiger partial charge in [-0.1, -0.05) is 60.7 Å². The summed E-state index contributed by atoms with van der Waals surface area (Å²) in [4.78, 5) is 14.3. The number of piperidine rings is 1. The van der Waals surface area contributed by atoms with Gasteiger partial charge in [0.25, 0.3) is 0 Å². The second-order valence-electron chi connectivity index (χ2n) is 7.45. The molecule has 0 spiro atoms. The minimum absolute atomic E-state index is 0.0811. The number of benzene rings is 2. The van der Waals surface area contributed by atoms with Gasteiger partial charge in [0, 0.05) is 44.1 Å². The zero-order valence-corrected chi connectivity index (χ0v) is 15.7. The molecule has 142 valence electrons. The predicted molar refractivity (Wildman–Crippen MR) is 105 cm³/mol. The molecule has 2 aromatic carbocycles. The maximum absolute atomic E-state index is 12.4. The Morgan fingerprint density at radius 3 is 2.30 bits per heavy atom. The highest BCUT2D eigenvalue weighted by Gasteiger charge is 2.44. The summed E-state index contributed by atoms with van der Waals surface area (Å²) in [6.45, 7) is 1.70. The van der Waals surface area contributed by atoms with Gasteiger partial charge in [0.05, 0.1) is 0 Å². The average Bonchev–Trinajstić information content (AvgIpc) is 3.13. The molecular formula is C22H27N3O2. The molecule has 3 atom stereocenters. The average molecular weight is 365 g/mol. The second-order valence-corrected chi connectivity index (χ2v) is 7.45. The Bertz CT molecular complexity index is 713. The molecule has 27 heavy (non-hydrogen) atoms. The summed E-state index contributed by atoms with van der Waals surface area (Å²) in [5, 5.41) is 0. The molecule has 0 radical (unpaired) electrons. The fourth-order valence-electron chi connectivity index (χ4n) is 4.54. The number of nitrogens with zero attached hydrogens (tertiary/aromatic N) is 1. The molecule has 0 bridgehead atoms. The molecule has 0 aromatic heterocycles. The molecule has 4 rings (SSSR count). The summed E-state index contributed by atoms with van der Waals surface area (Å²) in [5.74, 6) is 0.662. The summed E-state index contributed by atoms with van der Waals surface area (Å²) in [6.07, 6.45) is 0.958. The molecule has 2 heterocycles. The molecule has 2 fully saturated rings. The summed E-state index contributed by atoms with van der Waals surface area (Å²) in [7, 11) is 1.58. The topological polar surface area (TPSA) is 53.6 Å². The third-order valence-corrected chi connectivity index (χ3v) is 5.85. The molecule has 1 amide bonds. The van der Waals surface area contributed by atoms with E-state index in [1.807, 2.05) is 4.90 Å². The van der Waals surface area contributed by atoms with Crippen molar-refractivity contribution in [1.82, 2.24) is 15.8 Å². The fourth-order valence-corrected chi connectivity index (χ4v) is 4.54. The van der Waals surface area contributed by atoms with E-state index in [1.165, 1.54) is 11.1 Å². The number of rotatable bonds is 5. The lowest BCUT2D eigenvalue weighted by Gasteiger charge is -2.38. The number of hydrogen-bond acceptors (Lipinski definition) is 4. The van der Waals surface area contributed by atoms with Gasteiger partial charge < -0.3 is 9.64 Å². The molecular weight excluding hydrogens is 338 g/mol. The van der Waals surface area contributed by atoms with E-state index < -0.39 is 0 Å². The van der Waals surface area contributed by atoms with Crippen LogP contribution in [0, 0.1) is 5.92 Å². The maximum Gasteiger partial charge on any atom is 0.248 e. The van der Waals surface area contributed by atoms with E-state index in [4.69, 9.17) is 4.74 Å². The van der Waals surface area contributed by atoms with Crippen LogP contribution in [-0.4, -0.2) is 49.7 Å². The lowest BCUT2D eigenvalue weighted by Crippen LogP contribution is -2.50. The number of fused-ring (bicyclic) bond motifs is 1. The highest BCUT2D eigenvalue weighted by Crippen LogP contribution is 2.37. The first kappa shape index (κ1) is 18.2. The number of amides is 1. The molecule has 2 saturated heterocycles. The molecule has 0 aliphatic carbocycles. The standard InChI is InChI=1S/C22H27N3O2/c1-27-15-20(26)25-13-12-19-18(14-25)22(24-23-19)21(16-8-4-2-5-9-16)17-10-6-3-7-11-17/h2-11,18-19,21-24H,12-15H2,1H3. The minimum Gasteiger partial charge on any atom is -0.375 e. The monoisotopic (exact) mass is 365 g/mol. The van der Waals surface area contributed by atoms with Gasteiger partial charge in [-0.3, -0.25) is 15.6 Å². The predicted octanol–water partition coefficient (Wildman–Crippen LogP) is 2.16. The van der Waals surface area contributed by atoms with Gasteiger partial charge in [0.1, 0.15) is 6.61 Å². The Balaban J connectivity index is 1.63. The van der Waals surface area contributed by atoms with Crippen molar-refractivity contribution in [1.29, 1.82) is 0 Å². The van der Waals surface area contributed by atoms with Crippen molar-refractivity contribution in [2.24, 2.45) is 5.92 Å². The van der Waals surface area contributed by atoms with E-state index in [0.29, 0.717) is 12.0 Å². The lowest BCUT2D eigenvalue weighted by molar-refractivity contribution is -0.137. The Hall–Kier alpha value is -2.21. The first-order valence-corrected chi connectivity index (χ1v) is 9.65. The van der Waals surface area contributed by atoms with Gasteiger partial charge >= 0.3 is 0 Å². The van der Waals surface area contributed by atoms with Crippen molar-refractivity contribution in [2.75, 3.05) is 26.8 Å². The van der Waals surface area contributed by atoms with Crippen molar-refractivity contribution in [3.05, 3.63) is 71.8 Å². The van der Waals surface area contributed by atoms with Crippen LogP contribution < -0.4 is 10.9 Å². The Morgan fingerprint density at radius 2 is 1.70 bits per heavy atom. The summed E-state index contributed by atoms with van der Waals surface area (Å²) < 4.78 is 5.06. The quantitative estimate of drug-likeness (QED) is 0.853. The van der Waals surface area contributed by atoms with Crippen molar-refractivity contribution in [2.45, 2.75) is 24.4 Å². The second kappa shape index (κ2) is 8.21. The number of hydrazine groups is 1. The molecule has 0 saturated carbocycles. The first-order chi connectivity index (χ1) is 13.3. The lowest BCUT2D eigenvalue weighted by atomic mass is 9.76. The number of likely N-dealkylation sites (tertiary alicyclic amines) is 1. The SMILES string of the molecule is COCC(=O)N1CCC2NNC(C(c3ccccc3)c3ccccc3)C2C1. The normalized spacial score (nSPS) is 24.8. The highest BCUT2D eigenvalue weighted by molar-refractivity contribution is 5.77. The van der Waals surface area contributed by atoms with Crippen LogP contribution in [-0.2, 0) is 9.53 Å². The Kier molecular flexibility index (Phi) is 5.53. The van der Waals surface area contributed by atoms with Gasteiger partial charge in [-0.2, -0.15) is 0 Å². The van der Waals surface area contributed by atoms with Crippen molar-refractivity contribution < 1.29 is 9.53 Å². The zero-order valence-electron chi connectivity index (χ0n) is 15.7. The molecule has 2 aliphatic heterocycles. The smallest absolute Gasteiger partial charge is 0.248 e. The van der Waals surface area contributed by atoms with Crippen LogP contribution in [0.1, 0.15) is 23.5 Å². The molecule has 2 N–H and O–H groups in total.